The fraction of sp³-hybridized carbons (Fsp3) is 0.159. The number of nitrogens with zero attached hydrogens (tertiary/aromatic N) is 10. The lowest BCUT2D eigenvalue weighted by molar-refractivity contribution is -0.735. The van der Waals surface area contributed by atoms with E-state index in [-0.39, 0.29) is 0 Å². The van der Waals surface area contributed by atoms with Gasteiger partial charge in [-0.25, -0.2) is 4.57 Å². The largest absolute Gasteiger partial charge is 0.286 e. The summed E-state index contributed by atoms with van der Waals surface area (Å²) in [6.07, 6.45) is 8.78. The number of fused-ring (bicyclic) bond motifs is 27. The Balaban J connectivity index is 0.000000101. The molecule has 10 heterocycles. The Bertz CT molecular complexity index is 8180. The summed E-state index contributed by atoms with van der Waals surface area (Å²) in [5.74, 6) is 1.74. The predicted octanol–water partition coefficient (Wildman–Crippen LogP) is 25.1. The molecule has 0 saturated heterocycles. The van der Waals surface area contributed by atoms with Crippen LogP contribution in [0.1, 0.15) is 81.0 Å². The molecule has 0 saturated carbocycles. The Morgan fingerprint density at radius 2 is 0.659 bits per heavy atom. The average Bonchev–Trinajstić information content (AvgIpc) is 1.62. The second kappa shape index (κ2) is 31.3. The van der Waals surface area contributed by atoms with Crippen LogP contribution in [0.15, 0.2) is 322 Å². The molecule has 0 amide bonds. The monoisotopic (exact) mass is 1600 g/mol. The third-order valence-electron chi connectivity index (χ3n) is 25.6. The minimum atomic E-state index is 0.545. The molecular weight excluding hydrogens is 1500 g/mol. The second-order valence-electron chi connectivity index (χ2n) is 34.4. The van der Waals surface area contributed by atoms with E-state index in [4.69, 9.17) is 0 Å². The van der Waals surface area contributed by atoms with Gasteiger partial charge in [-0.3, -0.25) is 0 Å². The lowest BCUT2D eigenvalue weighted by atomic mass is 9.94. The molecule has 0 aliphatic heterocycles. The van der Waals surface area contributed by atoms with Gasteiger partial charge in [-0.05, 0) is 194 Å². The Morgan fingerprint density at radius 3 is 1.20 bits per heavy atom. The molecule has 0 spiro atoms. The van der Waals surface area contributed by atoms with Gasteiger partial charge in [-0.1, -0.05) is 268 Å². The number of aryl methyl sites for hydroxylation is 15. The van der Waals surface area contributed by atoms with Gasteiger partial charge < -0.3 is 0 Å². The van der Waals surface area contributed by atoms with Crippen LogP contribution in [0.3, 0.4) is 0 Å². The zero-order chi connectivity index (χ0) is 85.1. The van der Waals surface area contributed by atoms with Crippen molar-refractivity contribution < 1.29 is 23.3 Å². The van der Waals surface area contributed by atoms with E-state index < -0.39 is 0 Å². The highest BCUT2D eigenvalue weighted by atomic mass is 15.4. The summed E-state index contributed by atoms with van der Waals surface area (Å²) in [6, 6.07) is 108. The molecule has 0 N–H and O–H groups in total. The third kappa shape index (κ3) is 13.3. The van der Waals surface area contributed by atoms with Crippen LogP contribution in [0.5, 0.6) is 0 Å². The molecule has 0 aliphatic carbocycles. The first-order valence-electron chi connectivity index (χ1n) is 43.0. The first-order valence-corrected chi connectivity index (χ1v) is 43.0. The highest BCUT2D eigenvalue weighted by Crippen LogP contribution is 2.42. The number of pyridine rings is 5. The van der Waals surface area contributed by atoms with Gasteiger partial charge in [0.05, 0.1) is 24.4 Å². The quantitative estimate of drug-likeness (QED) is 0.122. The first kappa shape index (κ1) is 78.5. The molecule has 0 radical (unpaired) electrons. The molecule has 0 atom stereocenters. The maximum atomic E-state index is 2.38. The van der Waals surface area contributed by atoms with Crippen LogP contribution in [-0.2, 0) is 35.2 Å². The molecular formula is C113H105N10+5. The van der Waals surface area contributed by atoms with Crippen molar-refractivity contribution in [1.82, 2.24) is 22.6 Å². The molecule has 0 aliphatic rings. The summed E-state index contributed by atoms with van der Waals surface area (Å²) < 4.78 is 22.9. The van der Waals surface area contributed by atoms with Crippen LogP contribution < -0.4 is 23.3 Å². The predicted molar refractivity (Wildman–Crippen MR) is 514 cm³/mol. The summed E-state index contributed by atoms with van der Waals surface area (Å²) in [5, 5.41) is 18.4. The van der Waals surface area contributed by atoms with E-state index in [1.165, 1.54) is 231 Å². The van der Waals surface area contributed by atoms with Crippen molar-refractivity contribution in [3.8, 4) is 39.3 Å². The molecule has 23 aromatic rings. The lowest BCUT2D eigenvalue weighted by Gasteiger charge is -2.12. The number of aromatic nitrogens is 10. The number of rotatable bonds is 5. The van der Waals surface area contributed by atoms with E-state index in [9.17, 15) is 0 Å². The van der Waals surface area contributed by atoms with Gasteiger partial charge >= 0.3 is 0 Å². The summed E-state index contributed by atoms with van der Waals surface area (Å²) in [4.78, 5) is 0. The van der Waals surface area contributed by atoms with Crippen molar-refractivity contribution in [3.05, 3.63) is 383 Å². The van der Waals surface area contributed by atoms with E-state index in [1.807, 2.05) is 0 Å². The van der Waals surface area contributed by atoms with Crippen LogP contribution in [0.2, 0.25) is 0 Å². The molecule has 602 valence electrons. The minimum Gasteiger partial charge on any atom is -0.237 e. The number of hydrogen-bond donors (Lipinski definition) is 0. The summed E-state index contributed by atoms with van der Waals surface area (Å²) >= 11 is 0. The topological polar surface area (TPSA) is 42.0 Å². The SMILES string of the molecule is Cc1cc(C)cc(-c2cc3c4ccccc4c4cccc(C)c4n3[n+]2C)c1.Cc1cc[n+](C)c(-n2c3ccccc3c3cccc(C)c32)c1.Cc1cccc(C)c1-c1c[n+](C)n2c3c(C)cccc3c3ccccc3c12.Cc1cccc2c3cc(C(C)C)ccc3c3cc[n+](C)n3c12.Cc1cccc2c3ccccc3c3c(-c4ccccc4)c[n+](C)n3c12. The molecule has 13 aromatic carbocycles. The van der Waals surface area contributed by atoms with Crippen LogP contribution >= 0.6 is 0 Å². The van der Waals surface area contributed by atoms with Gasteiger partial charge in [0.25, 0.3) is 5.82 Å². The van der Waals surface area contributed by atoms with Crippen LogP contribution in [0, 0.1) is 69.2 Å². The summed E-state index contributed by atoms with van der Waals surface area (Å²) in [7, 11) is 10.6. The van der Waals surface area contributed by atoms with Crippen LogP contribution in [0.4, 0.5) is 0 Å². The van der Waals surface area contributed by atoms with E-state index in [1.54, 1.807) is 0 Å². The highest BCUT2D eigenvalue weighted by molar-refractivity contribution is 6.19. The van der Waals surface area contributed by atoms with Crippen molar-refractivity contribution in [2.45, 2.75) is 89.0 Å². The molecule has 123 heavy (non-hydrogen) atoms. The van der Waals surface area contributed by atoms with Gasteiger partial charge in [0.2, 0.25) is 18.1 Å². The van der Waals surface area contributed by atoms with Crippen molar-refractivity contribution in [1.29, 1.82) is 0 Å². The Morgan fingerprint density at radius 1 is 0.252 bits per heavy atom. The van der Waals surface area contributed by atoms with Crippen molar-refractivity contribution in [2.24, 2.45) is 35.2 Å². The highest BCUT2D eigenvalue weighted by Gasteiger charge is 2.29. The van der Waals surface area contributed by atoms with E-state index in [2.05, 4.69) is 486 Å². The molecule has 10 nitrogen and oxygen atoms in total. The van der Waals surface area contributed by atoms with Crippen molar-refractivity contribution in [3.63, 3.8) is 0 Å². The Kier molecular flexibility index (Phi) is 20.0. The van der Waals surface area contributed by atoms with Crippen LogP contribution in [-0.4, -0.2) is 22.6 Å². The minimum absolute atomic E-state index is 0.545. The van der Waals surface area contributed by atoms with Crippen molar-refractivity contribution >= 4 is 131 Å². The molecule has 0 unspecified atom stereocenters. The maximum Gasteiger partial charge on any atom is 0.286 e. The van der Waals surface area contributed by atoms with Gasteiger partial charge in [0.15, 0.2) is 34.4 Å². The fourth-order valence-corrected chi connectivity index (χ4v) is 19.9. The second-order valence-corrected chi connectivity index (χ2v) is 34.4. The molecule has 10 aromatic heterocycles. The Hall–Kier alpha value is -14.4. The van der Waals surface area contributed by atoms with E-state index in [0.29, 0.717) is 5.92 Å². The van der Waals surface area contributed by atoms with Crippen molar-refractivity contribution in [2.75, 3.05) is 0 Å². The summed E-state index contributed by atoms with van der Waals surface area (Å²) in [6.45, 7) is 26.4. The number of benzene rings is 13. The maximum absolute atomic E-state index is 2.38. The lowest BCUT2D eigenvalue weighted by Crippen LogP contribution is -2.37. The van der Waals surface area contributed by atoms with Crippen LogP contribution in [0.25, 0.3) is 170 Å². The molecule has 23 rings (SSSR count). The third-order valence-corrected chi connectivity index (χ3v) is 25.6. The Labute approximate surface area is 718 Å². The van der Waals surface area contributed by atoms with Gasteiger partial charge in [-0.15, -0.1) is 36.8 Å². The standard InChI is InChI=1S/2C25H23N2.C23H19N2.C20H21N2.C20H19N2/c1-16-9-7-10-17(2)23(16)22-15-26(4)27-24-18(3)11-8-14-20(24)19-12-5-6-13-21(19)25(22)27;1-16-12-17(2)14-19(13-16)23-15-24-21-10-6-5-9-20(21)22-11-7-8-18(3)25(22)27(24)26(23)4;1-16-9-8-14-19-18-12-6-7-13-20(18)23-21(17-10-4-3-5-11-17)15-24(2)25(23)22(16)19;1-13(2)15-8-9-16-18(12-15)17-7-5-6-14(3)20(17)22-19(16)10-11-21(22)4;1-14-11-12-21(3)19(13-14)22-18-10-5-4-8-16(18)17-9-6-7-15(2)20(17)22/h2*5-15H,1-4H3;3-15H,1-2H3;5-13H,1-4H3;4-13H,1-3H3/q5*+1. The van der Waals surface area contributed by atoms with Gasteiger partial charge in [-0.2, -0.15) is 4.57 Å². The fourth-order valence-electron chi connectivity index (χ4n) is 19.9. The number of hydrogen-bond acceptors (Lipinski definition) is 0. The zero-order valence-electron chi connectivity index (χ0n) is 73.6. The van der Waals surface area contributed by atoms with E-state index in [0.717, 1.165) is 0 Å². The average molecular weight is 1600 g/mol. The smallest absolute Gasteiger partial charge is 0.237 e. The zero-order valence-corrected chi connectivity index (χ0v) is 73.6. The number of para-hydroxylation sites is 6. The first-order chi connectivity index (χ1) is 59.6. The normalized spacial score (nSPS) is 11.7. The summed E-state index contributed by atoms with van der Waals surface area (Å²) in [5.41, 5.74) is 34.8. The van der Waals surface area contributed by atoms with E-state index >= 15 is 0 Å². The molecule has 0 bridgehead atoms. The molecule has 0 fully saturated rings. The van der Waals surface area contributed by atoms with Gasteiger partial charge in [0.1, 0.15) is 55.2 Å². The van der Waals surface area contributed by atoms with Gasteiger partial charge in [0, 0.05) is 77.6 Å². The molecule has 10 heteroatoms.